The number of carbonyl (C=O) groups is 1. The first kappa shape index (κ1) is 20.1. The molecule has 0 radical (unpaired) electrons. The summed E-state index contributed by atoms with van der Waals surface area (Å²) < 4.78 is 12.2. The molecule has 2 aromatic rings. The van der Waals surface area contributed by atoms with Gasteiger partial charge in [0.15, 0.2) is 0 Å². The van der Waals surface area contributed by atoms with Gasteiger partial charge >= 0.3 is 0 Å². The molecule has 0 bridgehead atoms. The third kappa shape index (κ3) is 7.10. The maximum absolute atomic E-state index is 12.0. The summed E-state index contributed by atoms with van der Waals surface area (Å²) in [7, 11) is 0. The number of nitrogens with one attached hydrogen (secondary N) is 1. The molecule has 1 saturated heterocycles. The lowest BCUT2D eigenvalue weighted by Gasteiger charge is -2.26. The van der Waals surface area contributed by atoms with Crippen LogP contribution in [0.4, 0.5) is 0 Å². The molecule has 1 aromatic carbocycles. The predicted octanol–water partition coefficient (Wildman–Crippen LogP) is 3.55. The number of amides is 1. The minimum Gasteiger partial charge on any atom is -0.492 e. The lowest BCUT2D eigenvalue weighted by Crippen LogP contribution is -2.38. The fourth-order valence-electron chi connectivity index (χ4n) is 2.69. The van der Waals surface area contributed by atoms with E-state index < -0.39 is 0 Å². The van der Waals surface area contributed by atoms with Gasteiger partial charge in [-0.3, -0.25) is 9.69 Å². The minimum atomic E-state index is -0.113. The van der Waals surface area contributed by atoms with Gasteiger partial charge in [0, 0.05) is 37.1 Å². The Bertz CT molecular complexity index is 772. The van der Waals surface area contributed by atoms with Gasteiger partial charge in [0.05, 0.1) is 17.0 Å². The number of benzene rings is 1. The van der Waals surface area contributed by atoms with Gasteiger partial charge in [-0.05, 0) is 51.8 Å². The van der Waals surface area contributed by atoms with Gasteiger partial charge in [0.2, 0.25) is 5.91 Å². The van der Waals surface area contributed by atoms with Crippen molar-refractivity contribution in [1.29, 1.82) is 0 Å². The maximum Gasteiger partial charge on any atom is 0.244 e. The number of thiophene rings is 1. The number of hydrogen-bond acceptors (Lipinski definition) is 5. The molecule has 1 aliphatic heterocycles. The Kier molecular flexibility index (Phi) is 7.89. The second kappa shape index (κ2) is 10.6. The third-order valence-corrected chi connectivity index (χ3v) is 5.73. The highest BCUT2D eigenvalue weighted by molar-refractivity contribution is 9.11. The van der Waals surface area contributed by atoms with Crippen molar-refractivity contribution in [1.82, 2.24) is 10.2 Å². The molecule has 1 aliphatic rings. The highest BCUT2D eigenvalue weighted by atomic mass is 79.9. The molecule has 0 spiro atoms. The molecule has 0 saturated carbocycles. The summed E-state index contributed by atoms with van der Waals surface area (Å²) >= 11 is 5.00. The average Bonchev–Trinajstić information content (AvgIpc) is 3.11. The van der Waals surface area contributed by atoms with Crippen molar-refractivity contribution in [3.8, 4) is 5.75 Å². The molecule has 7 heteroatoms. The SMILES string of the molecule is O=C(/C=C/c1ccc(Br)s1)NCc1cccc(OCCN2CCOCC2)c1. The minimum absolute atomic E-state index is 0.113. The van der Waals surface area contributed by atoms with Crippen LogP contribution in [0.25, 0.3) is 6.08 Å². The fraction of sp³-hybridized carbons (Fsp3) is 0.350. The number of halogens is 1. The van der Waals surface area contributed by atoms with Gasteiger partial charge in [-0.25, -0.2) is 0 Å². The molecular weight excluding hydrogens is 428 g/mol. The summed E-state index contributed by atoms with van der Waals surface area (Å²) in [6.45, 7) is 5.54. The second-order valence-electron chi connectivity index (χ2n) is 6.14. The van der Waals surface area contributed by atoms with E-state index in [0.29, 0.717) is 13.2 Å². The molecule has 0 aliphatic carbocycles. The van der Waals surface area contributed by atoms with E-state index in [1.54, 1.807) is 17.4 Å². The molecule has 0 unspecified atom stereocenters. The number of hydrogen-bond donors (Lipinski definition) is 1. The van der Waals surface area contributed by atoms with E-state index in [1.807, 2.05) is 42.5 Å². The van der Waals surface area contributed by atoms with E-state index in [4.69, 9.17) is 9.47 Å². The van der Waals surface area contributed by atoms with Crippen LogP contribution in [0.3, 0.4) is 0 Å². The zero-order chi connectivity index (χ0) is 18.9. The normalized spacial score (nSPS) is 15.1. The van der Waals surface area contributed by atoms with Crippen LogP contribution >= 0.6 is 27.3 Å². The first-order chi connectivity index (χ1) is 13.2. The van der Waals surface area contributed by atoms with Crippen molar-refractivity contribution in [3.05, 3.63) is 56.7 Å². The van der Waals surface area contributed by atoms with Crippen molar-refractivity contribution in [2.75, 3.05) is 39.5 Å². The van der Waals surface area contributed by atoms with E-state index in [9.17, 15) is 4.79 Å². The van der Waals surface area contributed by atoms with Crippen molar-refractivity contribution >= 4 is 39.2 Å². The first-order valence-electron chi connectivity index (χ1n) is 8.92. The monoisotopic (exact) mass is 450 g/mol. The first-order valence-corrected chi connectivity index (χ1v) is 10.5. The zero-order valence-electron chi connectivity index (χ0n) is 15.0. The van der Waals surface area contributed by atoms with E-state index >= 15 is 0 Å². The van der Waals surface area contributed by atoms with Gasteiger partial charge < -0.3 is 14.8 Å². The van der Waals surface area contributed by atoms with Crippen LogP contribution in [-0.4, -0.2) is 50.3 Å². The van der Waals surface area contributed by atoms with Crippen LogP contribution in [-0.2, 0) is 16.1 Å². The highest BCUT2D eigenvalue weighted by Gasteiger charge is 2.09. The lowest BCUT2D eigenvalue weighted by atomic mass is 10.2. The zero-order valence-corrected chi connectivity index (χ0v) is 17.4. The van der Waals surface area contributed by atoms with Crippen LogP contribution in [0.1, 0.15) is 10.4 Å². The average molecular weight is 451 g/mol. The molecule has 144 valence electrons. The molecule has 1 N–H and O–H groups in total. The second-order valence-corrected chi connectivity index (χ2v) is 8.64. The fourth-order valence-corrected chi connectivity index (χ4v) is 4.01. The van der Waals surface area contributed by atoms with Gasteiger partial charge in [0.25, 0.3) is 0 Å². The van der Waals surface area contributed by atoms with Crippen molar-refractivity contribution < 1.29 is 14.3 Å². The highest BCUT2D eigenvalue weighted by Crippen LogP contribution is 2.22. The van der Waals surface area contributed by atoms with Crippen LogP contribution in [0, 0.1) is 0 Å². The summed E-state index contributed by atoms with van der Waals surface area (Å²) in [6.07, 6.45) is 3.37. The Morgan fingerprint density at radius 1 is 1.30 bits per heavy atom. The molecule has 27 heavy (non-hydrogen) atoms. The van der Waals surface area contributed by atoms with Gasteiger partial charge in [-0.15, -0.1) is 11.3 Å². The van der Waals surface area contributed by atoms with Gasteiger partial charge in [-0.1, -0.05) is 12.1 Å². The Balaban J connectivity index is 1.41. The summed E-state index contributed by atoms with van der Waals surface area (Å²) in [5.74, 6) is 0.715. The molecule has 2 heterocycles. The molecule has 0 atom stereocenters. The maximum atomic E-state index is 12.0. The molecule has 5 nitrogen and oxygen atoms in total. The van der Waals surface area contributed by atoms with Crippen LogP contribution < -0.4 is 10.1 Å². The van der Waals surface area contributed by atoms with Crippen molar-refractivity contribution in [2.45, 2.75) is 6.54 Å². The molecule has 3 rings (SSSR count). The summed E-state index contributed by atoms with van der Waals surface area (Å²) in [6, 6.07) is 11.8. The Hall–Kier alpha value is -1.67. The number of rotatable bonds is 8. The largest absolute Gasteiger partial charge is 0.492 e. The van der Waals surface area contributed by atoms with Crippen molar-refractivity contribution in [2.24, 2.45) is 0 Å². The Morgan fingerprint density at radius 3 is 2.93 bits per heavy atom. The Labute approximate surface area is 172 Å². The number of ether oxygens (including phenoxy) is 2. The summed E-state index contributed by atoms with van der Waals surface area (Å²) in [4.78, 5) is 15.4. The number of carbonyl (C=O) groups excluding carboxylic acids is 1. The predicted molar refractivity (Wildman–Crippen MR) is 112 cm³/mol. The van der Waals surface area contributed by atoms with Gasteiger partial charge in [-0.2, -0.15) is 0 Å². The topological polar surface area (TPSA) is 50.8 Å². The number of nitrogens with zero attached hydrogens (tertiary/aromatic N) is 1. The lowest BCUT2D eigenvalue weighted by molar-refractivity contribution is -0.116. The molecule has 1 amide bonds. The van der Waals surface area contributed by atoms with Crippen LogP contribution in [0.5, 0.6) is 5.75 Å². The smallest absolute Gasteiger partial charge is 0.244 e. The van der Waals surface area contributed by atoms with E-state index in [2.05, 4.69) is 26.1 Å². The number of morpholine rings is 1. The van der Waals surface area contributed by atoms with Crippen LogP contribution in [0.2, 0.25) is 0 Å². The molecule has 1 fully saturated rings. The van der Waals surface area contributed by atoms with Crippen molar-refractivity contribution in [3.63, 3.8) is 0 Å². The van der Waals surface area contributed by atoms with Crippen LogP contribution in [0.15, 0.2) is 46.3 Å². The van der Waals surface area contributed by atoms with E-state index in [1.165, 1.54) is 0 Å². The summed E-state index contributed by atoms with van der Waals surface area (Å²) in [5.41, 5.74) is 1.01. The quantitative estimate of drug-likeness (QED) is 0.624. The van der Waals surface area contributed by atoms with Gasteiger partial charge in [0.1, 0.15) is 12.4 Å². The summed E-state index contributed by atoms with van der Waals surface area (Å²) in [5, 5.41) is 2.90. The molecule has 1 aromatic heterocycles. The van der Waals surface area contributed by atoms with E-state index in [-0.39, 0.29) is 5.91 Å². The molecular formula is C20H23BrN2O3S. The third-order valence-electron chi connectivity index (χ3n) is 4.14. The standard InChI is InChI=1S/C20H23BrN2O3S/c21-19-6-4-18(27-19)5-7-20(24)22-15-16-2-1-3-17(14-16)26-13-10-23-8-11-25-12-9-23/h1-7,14H,8-13,15H2,(H,22,24)/b7-5+. The van der Waals surface area contributed by atoms with E-state index in [0.717, 1.165) is 52.8 Å². The Morgan fingerprint density at radius 2 is 2.15 bits per heavy atom.